The summed E-state index contributed by atoms with van der Waals surface area (Å²) in [6, 6.07) is 15.4. The lowest BCUT2D eigenvalue weighted by Gasteiger charge is -2.15. The van der Waals surface area contributed by atoms with E-state index in [0.29, 0.717) is 0 Å². The van der Waals surface area contributed by atoms with Crippen molar-refractivity contribution in [2.75, 3.05) is 0 Å². The summed E-state index contributed by atoms with van der Waals surface area (Å²) in [6.45, 7) is 4.45. The first-order chi connectivity index (χ1) is 12.8. The average Bonchev–Trinajstić information content (AvgIpc) is 3.39. The standard InChI is InChI=1S/C26H22/c1-18(24-12-4-9-19-10-5-14-26(19)24)15-22-11-6-13-25(22)23-16-20-7-2-3-8-21(20)17-23/h2-5,7-9,11-14,16H,1,6,10,15,17H2. The van der Waals surface area contributed by atoms with Crippen molar-refractivity contribution in [2.24, 2.45) is 0 Å². The van der Waals surface area contributed by atoms with Crippen LogP contribution in [0.25, 0.3) is 17.7 Å². The Morgan fingerprint density at radius 2 is 1.85 bits per heavy atom. The summed E-state index contributed by atoms with van der Waals surface area (Å²) in [5.41, 5.74) is 12.5. The smallest absolute Gasteiger partial charge is 0.00137 e. The Balaban J connectivity index is 1.39. The molecule has 0 nitrogen and oxygen atoms in total. The van der Waals surface area contributed by atoms with Crippen LogP contribution in [0.2, 0.25) is 0 Å². The average molecular weight is 334 g/mol. The highest BCUT2D eigenvalue weighted by Gasteiger charge is 2.21. The minimum atomic E-state index is 0.934. The fraction of sp³-hybridized carbons (Fsp3) is 0.154. The van der Waals surface area contributed by atoms with Gasteiger partial charge in [-0.05, 0) is 75.8 Å². The van der Waals surface area contributed by atoms with Gasteiger partial charge in [-0.15, -0.1) is 0 Å². The second-order valence-corrected chi connectivity index (χ2v) is 7.39. The molecule has 0 atom stereocenters. The molecule has 0 bridgehead atoms. The van der Waals surface area contributed by atoms with Crippen molar-refractivity contribution in [3.8, 4) is 0 Å². The zero-order valence-corrected chi connectivity index (χ0v) is 15.0. The molecule has 0 heteroatoms. The molecule has 2 aromatic rings. The van der Waals surface area contributed by atoms with Gasteiger partial charge in [0.25, 0.3) is 0 Å². The molecule has 2 aromatic carbocycles. The van der Waals surface area contributed by atoms with Crippen LogP contribution in [0.1, 0.15) is 40.7 Å². The summed E-state index contributed by atoms with van der Waals surface area (Å²) >= 11 is 0. The van der Waals surface area contributed by atoms with E-state index >= 15 is 0 Å². The molecule has 3 aliphatic carbocycles. The predicted molar refractivity (Wildman–Crippen MR) is 112 cm³/mol. The summed E-state index contributed by atoms with van der Waals surface area (Å²) in [5.74, 6) is 0. The Kier molecular flexibility index (Phi) is 3.64. The van der Waals surface area contributed by atoms with Crippen LogP contribution in [0.15, 0.2) is 84.0 Å². The van der Waals surface area contributed by atoms with E-state index in [-0.39, 0.29) is 0 Å². The third-order valence-electron chi connectivity index (χ3n) is 5.75. The lowest BCUT2D eigenvalue weighted by molar-refractivity contribution is 1.17. The van der Waals surface area contributed by atoms with Gasteiger partial charge in [0, 0.05) is 0 Å². The molecule has 3 aliphatic rings. The molecule has 0 aromatic heterocycles. The minimum absolute atomic E-state index is 0.934. The maximum Gasteiger partial charge on any atom is -0.00137 e. The van der Waals surface area contributed by atoms with E-state index < -0.39 is 0 Å². The predicted octanol–water partition coefficient (Wildman–Crippen LogP) is 6.56. The summed E-state index contributed by atoms with van der Waals surface area (Å²) < 4.78 is 0. The molecule has 0 fully saturated rings. The van der Waals surface area contributed by atoms with Gasteiger partial charge in [0.2, 0.25) is 0 Å². The molecule has 0 heterocycles. The Hall–Kier alpha value is -2.86. The quantitative estimate of drug-likeness (QED) is 0.594. The van der Waals surface area contributed by atoms with Crippen LogP contribution in [0.3, 0.4) is 0 Å². The van der Waals surface area contributed by atoms with Gasteiger partial charge in [-0.2, -0.15) is 0 Å². The number of allylic oxidation sites excluding steroid dienone is 7. The van der Waals surface area contributed by atoms with E-state index in [9.17, 15) is 0 Å². The zero-order valence-electron chi connectivity index (χ0n) is 15.0. The van der Waals surface area contributed by atoms with Crippen molar-refractivity contribution in [2.45, 2.75) is 25.7 Å². The van der Waals surface area contributed by atoms with Crippen LogP contribution in [-0.2, 0) is 12.8 Å². The van der Waals surface area contributed by atoms with Gasteiger partial charge in [-0.3, -0.25) is 0 Å². The van der Waals surface area contributed by atoms with E-state index in [1.165, 1.54) is 50.1 Å². The second kappa shape index (κ2) is 6.14. The van der Waals surface area contributed by atoms with E-state index in [4.69, 9.17) is 0 Å². The van der Waals surface area contributed by atoms with Crippen molar-refractivity contribution in [3.63, 3.8) is 0 Å². The molecule has 0 amide bonds. The maximum absolute atomic E-state index is 4.45. The number of hydrogen-bond donors (Lipinski definition) is 0. The van der Waals surface area contributed by atoms with E-state index in [0.717, 1.165) is 25.7 Å². The van der Waals surface area contributed by atoms with Crippen molar-refractivity contribution in [1.29, 1.82) is 0 Å². The van der Waals surface area contributed by atoms with Crippen LogP contribution in [0.4, 0.5) is 0 Å². The van der Waals surface area contributed by atoms with Crippen molar-refractivity contribution in [1.82, 2.24) is 0 Å². The summed E-state index contributed by atoms with van der Waals surface area (Å²) in [7, 11) is 0. The molecule has 26 heavy (non-hydrogen) atoms. The zero-order chi connectivity index (χ0) is 17.5. The van der Waals surface area contributed by atoms with Gasteiger partial charge in [-0.1, -0.05) is 79.4 Å². The van der Waals surface area contributed by atoms with Crippen LogP contribution in [0.5, 0.6) is 0 Å². The Morgan fingerprint density at radius 3 is 2.77 bits per heavy atom. The van der Waals surface area contributed by atoms with Gasteiger partial charge >= 0.3 is 0 Å². The highest BCUT2D eigenvalue weighted by atomic mass is 14.3. The Bertz CT molecular complexity index is 1040. The lowest BCUT2D eigenvalue weighted by atomic mass is 9.90. The van der Waals surface area contributed by atoms with Gasteiger partial charge in [0.05, 0.1) is 0 Å². The summed E-state index contributed by atoms with van der Waals surface area (Å²) in [4.78, 5) is 0. The van der Waals surface area contributed by atoms with Crippen LogP contribution in [0, 0.1) is 0 Å². The van der Waals surface area contributed by atoms with Crippen molar-refractivity contribution < 1.29 is 0 Å². The molecule has 0 aliphatic heterocycles. The highest BCUT2D eigenvalue weighted by molar-refractivity contribution is 5.80. The highest BCUT2D eigenvalue weighted by Crippen LogP contribution is 2.39. The number of rotatable bonds is 4. The molecule has 126 valence electrons. The second-order valence-electron chi connectivity index (χ2n) is 7.39. The third kappa shape index (κ3) is 2.54. The summed E-state index contributed by atoms with van der Waals surface area (Å²) in [6.07, 6.45) is 15.7. The van der Waals surface area contributed by atoms with Gasteiger partial charge in [0.15, 0.2) is 0 Å². The van der Waals surface area contributed by atoms with Gasteiger partial charge in [-0.25, -0.2) is 0 Å². The first-order valence-corrected chi connectivity index (χ1v) is 9.44. The first kappa shape index (κ1) is 15.4. The molecule has 0 saturated heterocycles. The number of fused-ring (bicyclic) bond motifs is 2. The first-order valence-electron chi connectivity index (χ1n) is 9.44. The third-order valence-corrected chi connectivity index (χ3v) is 5.75. The van der Waals surface area contributed by atoms with E-state index in [1.807, 2.05) is 0 Å². The lowest BCUT2D eigenvalue weighted by Crippen LogP contribution is -1.96. The number of benzene rings is 2. The molecular formula is C26H22. The molecule has 5 rings (SSSR count). The van der Waals surface area contributed by atoms with Crippen LogP contribution in [-0.4, -0.2) is 0 Å². The molecule has 0 saturated carbocycles. The normalized spacial score (nSPS) is 16.8. The van der Waals surface area contributed by atoms with Gasteiger partial charge < -0.3 is 0 Å². The summed E-state index contributed by atoms with van der Waals surface area (Å²) in [5, 5.41) is 0. The van der Waals surface area contributed by atoms with Crippen molar-refractivity contribution in [3.05, 3.63) is 112 Å². The van der Waals surface area contributed by atoms with Gasteiger partial charge in [0.1, 0.15) is 0 Å². The fourth-order valence-corrected chi connectivity index (χ4v) is 4.44. The van der Waals surface area contributed by atoms with Crippen LogP contribution >= 0.6 is 0 Å². The SMILES string of the molecule is C=C(CC1=CCC=C1C1=Cc2ccccc2C1)c1cccc2c1C=CC2. The Labute approximate surface area is 155 Å². The molecule has 0 spiro atoms. The van der Waals surface area contributed by atoms with Crippen LogP contribution < -0.4 is 0 Å². The largest absolute Gasteiger partial charge is 0.0949 e. The Morgan fingerprint density at radius 1 is 0.962 bits per heavy atom. The maximum atomic E-state index is 4.45. The van der Waals surface area contributed by atoms with E-state index in [2.05, 4.69) is 79.4 Å². The molecular weight excluding hydrogens is 312 g/mol. The molecule has 0 radical (unpaired) electrons. The van der Waals surface area contributed by atoms with E-state index in [1.54, 1.807) is 0 Å². The fourth-order valence-electron chi connectivity index (χ4n) is 4.44. The molecule has 0 unspecified atom stereocenters. The topological polar surface area (TPSA) is 0 Å². The monoisotopic (exact) mass is 334 g/mol. The minimum Gasteiger partial charge on any atom is -0.0949 e. The number of hydrogen-bond acceptors (Lipinski definition) is 0. The van der Waals surface area contributed by atoms with Crippen molar-refractivity contribution >= 4 is 17.7 Å². The molecule has 0 N–H and O–H groups in total.